The van der Waals surface area contributed by atoms with Crippen molar-refractivity contribution < 1.29 is 4.74 Å². The summed E-state index contributed by atoms with van der Waals surface area (Å²) < 4.78 is 5.84. The minimum Gasteiger partial charge on any atom is -0.492 e. The van der Waals surface area contributed by atoms with Crippen LogP contribution in [0.25, 0.3) is 0 Å². The van der Waals surface area contributed by atoms with Gasteiger partial charge in [0.15, 0.2) is 0 Å². The van der Waals surface area contributed by atoms with Gasteiger partial charge in [-0.3, -0.25) is 0 Å². The van der Waals surface area contributed by atoms with E-state index in [-0.39, 0.29) is 0 Å². The number of halogens is 1. The minimum atomic E-state index is 0.617. The molecule has 3 rings (SSSR count). The number of benzene rings is 1. The molecule has 1 atom stereocenters. The molecule has 0 spiro atoms. The quantitative estimate of drug-likeness (QED) is 0.885. The van der Waals surface area contributed by atoms with E-state index in [0.29, 0.717) is 6.04 Å². The summed E-state index contributed by atoms with van der Waals surface area (Å²) in [4.78, 5) is 0. The van der Waals surface area contributed by atoms with Gasteiger partial charge in [-0.05, 0) is 62.3 Å². The van der Waals surface area contributed by atoms with Gasteiger partial charge in [-0.1, -0.05) is 24.1 Å². The Balaban J connectivity index is 1.61. The van der Waals surface area contributed by atoms with E-state index in [4.69, 9.17) is 16.3 Å². The number of piperidine rings is 1. The molecular weight excluding hydrogens is 258 g/mol. The Morgan fingerprint density at radius 3 is 2.84 bits per heavy atom. The average Bonchev–Trinajstić information content (AvgIpc) is 3.25. The SMILES string of the molecule is Clc1ccc(CC2CCCCN2)cc1OCC1CC1. The maximum atomic E-state index is 6.20. The highest BCUT2D eigenvalue weighted by molar-refractivity contribution is 6.32. The lowest BCUT2D eigenvalue weighted by Crippen LogP contribution is -2.35. The van der Waals surface area contributed by atoms with Crippen LogP contribution in [-0.4, -0.2) is 19.2 Å². The van der Waals surface area contributed by atoms with Gasteiger partial charge in [0.05, 0.1) is 11.6 Å². The molecule has 1 aliphatic heterocycles. The smallest absolute Gasteiger partial charge is 0.138 e. The van der Waals surface area contributed by atoms with Crippen LogP contribution < -0.4 is 10.1 Å². The Morgan fingerprint density at radius 1 is 1.21 bits per heavy atom. The first-order valence-electron chi connectivity index (χ1n) is 7.46. The molecule has 19 heavy (non-hydrogen) atoms. The molecule has 1 aliphatic carbocycles. The number of hydrogen-bond donors (Lipinski definition) is 1. The predicted molar refractivity (Wildman–Crippen MR) is 79.0 cm³/mol. The number of ether oxygens (including phenoxy) is 1. The molecule has 0 aromatic heterocycles. The Labute approximate surface area is 120 Å². The second-order valence-electron chi connectivity index (χ2n) is 5.87. The lowest BCUT2D eigenvalue weighted by Gasteiger charge is -2.23. The molecule has 1 aromatic rings. The summed E-state index contributed by atoms with van der Waals surface area (Å²) in [6.45, 7) is 1.98. The molecule has 3 heteroatoms. The number of rotatable bonds is 5. The van der Waals surface area contributed by atoms with Crippen molar-refractivity contribution in [2.45, 2.75) is 44.6 Å². The van der Waals surface area contributed by atoms with Gasteiger partial charge < -0.3 is 10.1 Å². The lowest BCUT2D eigenvalue weighted by atomic mass is 9.98. The molecule has 0 radical (unpaired) electrons. The third-order valence-corrected chi connectivity index (χ3v) is 4.37. The van der Waals surface area contributed by atoms with Crippen LogP contribution in [0.3, 0.4) is 0 Å². The molecular formula is C16H22ClNO. The van der Waals surface area contributed by atoms with Crippen LogP contribution >= 0.6 is 11.6 Å². The highest BCUT2D eigenvalue weighted by atomic mass is 35.5. The molecule has 1 heterocycles. The first kappa shape index (κ1) is 13.3. The van der Waals surface area contributed by atoms with E-state index in [1.165, 1.54) is 37.7 Å². The van der Waals surface area contributed by atoms with E-state index < -0.39 is 0 Å². The second-order valence-corrected chi connectivity index (χ2v) is 6.28. The van der Waals surface area contributed by atoms with Crippen LogP contribution in [0.15, 0.2) is 18.2 Å². The third-order valence-electron chi connectivity index (χ3n) is 4.06. The Hall–Kier alpha value is -0.730. The van der Waals surface area contributed by atoms with Crippen molar-refractivity contribution in [2.24, 2.45) is 5.92 Å². The van der Waals surface area contributed by atoms with Gasteiger partial charge in [0.1, 0.15) is 5.75 Å². The second kappa shape index (κ2) is 6.15. The molecule has 1 unspecified atom stereocenters. The van der Waals surface area contributed by atoms with E-state index in [9.17, 15) is 0 Å². The highest BCUT2D eigenvalue weighted by Crippen LogP contribution is 2.32. The summed E-state index contributed by atoms with van der Waals surface area (Å²) in [5, 5.41) is 4.33. The van der Waals surface area contributed by atoms with Crippen LogP contribution in [0.4, 0.5) is 0 Å². The van der Waals surface area contributed by atoms with Gasteiger partial charge in [0.25, 0.3) is 0 Å². The van der Waals surface area contributed by atoms with E-state index in [1.807, 2.05) is 6.07 Å². The van der Waals surface area contributed by atoms with Gasteiger partial charge in [-0.2, -0.15) is 0 Å². The van der Waals surface area contributed by atoms with E-state index >= 15 is 0 Å². The lowest BCUT2D eigenvalue weighted by molar-refractivity contribution is 0.299. The summed E-state index contributed by atoms with van der Waals surface area (Å²) >= 11 is 6.20. The van der Waals surface area contributed by atoms with Crippen LogP contribution in [0.1, 0.15) is 37.7 Å². The summed E-state index contributed by atoms with van der Waals surface area (Å²) in [6, 6.07) is 6.84. The summed E-state index contributed by atoms with van der Waals surface area (Å²) in [5.41, 5.74) is 1.33. The van der Waals surface area contributed by atoms with Gasteiger partial charge in [-0.15, -0.1) is 0 Å². The fourth-order valence-electron chi connectivity index (χ4n) is 2.66. The number of hydrogen-bond acceptors (Lipinski definition) is 2. The Kier molecular flexibility index (Phi) is 4.29. The molecule has 104 valence electrons. The summed E-state index contributed by atoms with van der Waals surface area (Å²) in [5.74, 6) is 1.63. The molecule has 2 nitrogen and oxygen atoms in total. The average molecular weight is 280 g/mol. The van der Waals surface area contributed by atoms with Crippen molar-refractivity contribution in [1.29, 1.82) is 0 Å². The summed E-state index contributed by atoms with van der Waals surface area (Å²) in [6.07, 6.45) is 7.63. The van der Waals surface area contributed by atoms with E-state index in [2.05, 4.69) is 17.4 Å². The largest absolute Gasteiger partial charge is 0.492 e. The van der Waals surface area contributed by atoms with Crippen LogP contribution in [0.2, 0.25) is 5.02 Å². The zero-order valence-corrected chi connectivity index (χ0v) is 12.1. The standard InChI is InChI=1S/C16H22ClNO/c17-15-7-6-13(9-14-3-1-2-8-18-14)10-16(15)19-11-12-4-5-12/h6-7,10,12,14,18H,1-5,8-9,11H2. The van der Waals surface area contributed by atoms with E-state index in [0.717, 1.165) is 36.3 Å². The van der Waals surface area contributed by atoms with Gasteiger partial charge in [0.2, 0.25) is 0 Å². The van der Waals surface area contributed by atoms with Gasteiger partial charge in [-0.25, -0.2) is 0 Å². The molecule has 1 N–H and O–H groups in total. The third kappa shape index (κ3) is 3.87. The molecule has 2 fully saturated rings. The molecule has 0 bridgehead atoms. The van der Waals surface area contributed by atoms with Crippen molar-refractivity contribution in [3.05, 3.63) is 28.8 Å². The van der Waals surface area contributed by atoms with Crippen molar-refractivity contribution in [2.75, 3.05) is 13.2 Å². The van der Waals surface area contributed by atoms with Crippen LogP contribution in [0, 0.1) is 5.92 Å². The molecule has 2 aliphatic rings. The van der Waals surface area contributed by atoms with Gasteiger partial charge in [0, 0.05) is 6.04 Å². The van der Waals surface area contributed by atoms with Crippen molar-refractivity contribution in [3.8, 4) is 5.75 Å². The fraction of sp³-hybridized carbons (Fsp3) is 0.625. The first-order valence-corrected chi connectivity index (χ1v) is 7.83. The van der Waals surface area contributed by atoms with Crippen LogP contribution in [-0.2, 0) is 6.42 Å². The zero-order chi connectivity index (χ0) is 13.1. The minimum absolute atomic E-state index is 0.617. The van der Waals surface area contributed by atoms with Crippen molar-refractivity contribution in [3.63, 3.8) is 0 Å². The maximum Gasteiger partial charge on any atom is 0.138 e. The summed E-state index contributed by atoms with van der Waals surface area (Å²) in [7, 11) is 0. The molecule has 0 amide bonds. The van der Waals surface area contributed by atoms with Gasteiger partial charge >= 0.3 is 0 Å². The monoisotopic (exact) mass is 279 g/mol. The normalized spacial score (nSPS) is 23.3. The Morgan fingerprint density at radius 2 is 2.11 bits per heavy atom. The Bertz CT molecular complexity index is 425. The molecule has 1 saturated carbocycles. The highest BCUT2D eigenvalue weighted by Gasteiger charge is 2.22. The van der Waals surface area contributed by atoms with Crippen molar-refractivity contribution in [1.82, 2.24) is 5.32 Å². The van der Waals surface area contributed by atoms with E-state index in [1.54, 1.807) is 0 Å². The fourth-order valence-corrected chi connectivity index (χ4v) is 2.83. The topological polar surface area (TPSA) is 21.3 Å². The zero-order valence-electron chi connectivity index (χ0n) is 11.3. The van der Waals surface area contributed by atoms with Crippen LogP contribution in [0.5, 0.6) is 5.75 Å². The number of nitrogens with one attached hydrogen (secondary N) is 1. The maximum absolute atomic E-state index is 6.20. The molecule has 1 saturated heterocycles. The van der Waals surface area contributed by atoms with Crippen molar-refractivity contribution >= 4 is 11.6 Å². The first-order chi connectivity index (χ1) is 9.31. The molecule has 1 aromatic carbocycles. The predicted octanol–water partition coefficient (Wildman–Crippen LogP) is 3.81.